The van der Waals surface area contributed by atoms with Crippen LogP contribution >= 0.6 is 0 Å². The molecule has 6 nitrogen and oxygen atoms in total. The van der Waals surface area contributed by atoms with Crippen LogP contribution in [0.3, 0.4) is 0 Å². The van der Waals surface area contributed by atoms with Crippen molar-refractivity contribution in [2.75, 3.05) is 32.8 Å². The van der Waals surface area contributed by atoms with E-state index in [0.717, 1.165) is 17.1 Å². The number of nitrogens with zero attached hydrogens (tertiary/aromatic N) is 2. The summed E-state index contributed by atoms with van der Waals surface area (Å²) in [6.45, 7) is 6.94. The average molecular weight is 430 g/mol. The molecule has 0 aliphatic carbocycles. The summed E-state index contributed by atoms with van der Waals surface area (Å²) < 4.78 is 25.0. The van der Waals surface area contributed by atoms with Crippen molar-refractivity contribution in [2.24, 2.45) is 4.99 Å². The Morgan fingerprint density at radius 1 is 1.23 bits per heavy atom. The summed E-state index contributed by atoms with van der Waals surface area (Å²) in [7, 11) is 0. The Balaban J connectivity index is 1.57. The summed E-state index contributed by atoms with van der Waals surface area (Å²) in [5.41, 5.74) is 2.00. The minimum atomic E-state index is -0.691. The third kappa shape index (κ3) is 7.31. The van der Waals surface area contributed by atoms with Gasteiger partial charge in [-0.1, -0.05) is 42.5 Å². The van der Waals surface area contributed by atoms with Gasteiger partial charge in [-0.2, -0.15) is 0 Å². The van der Waals surface area contributed by atoms with E-state index in [9.17, 15) is 9.50 Å². The molecule has 0 spiro atoms. The molecule has 0 radical (unpaired) electrons. The molecular formula is C24H32FN3O3. The van der Waals surface area contributed by atoms with E-state index in [1.807, 2.05) is 44.2 Å². The van der Waals surface area contributed by atoms with Crippen molar-refractivity contribution in [2.45, 2.75) is 38.8 Å². The topological polar surface area (TPSA) is 66.3 Å². The van der Waals surface area contributed by atoms with E-state index >= 15 is 0 Å². The fourth-order valence-corrected chi connectivity index (χ4v) is 3.54. The lowest BCUT2D eigenvalue weighted by Crippen LogP contribution is -2.51. The second kappa shape index (κ2) is 11.8. The zero-order valence-electron chi connectivity index (χ0n) is 18.2. The van der Waals surface area contributed by atoms with E-state index in [0.29, 0.717) is 26.2 Å². The highest BCUT2D eigenvalue weighted by atomic mass is 19.1. The van der Waals surface area contributed by atoms with Gasteiger partial charge in [-0.25, -0.2) is 4.39 Å². The van der Waals surface area contributed by atoms with E-state index in [-0.39, 0.29) is 31.2 Å². The van der Waals surface area contributed by atoms with E-state index in [1.165, 1.54) is 12.1 Å². The highest BCUT2D eigenvalue weighted by molar-refractivity contribution is 5.80. The molecule has 1 fully saturated rings. The first kappa shape index (κ1) is 23.2. The molecule has 1 aliphatic rings. The number of aliphatic hydroxyl groups excluding tert-OH is 1. The Hall–Kier alpha value is -2.48. The Morgan fingerprint density at radius 3 is 2.68 bits per heavy atom. The molecule has 0 aromatic heterocycles. The zero-order valence-corrected chi connectivity index (χ0v) is 18.2. The van der Waals surface area contributed by atoms with Gasteiger partial charge in [0.2, 0.25) is 0 Å². The van der Waals surface area contributed by atoms with Crippen LogP contribution in [0.4, 0.5) is 4.39 Å². The van der Waals surface area contributed by atoms with Gasteiger partial charge in [0.05, 0.1) is 38.5 Å². The number of hydrogen-bond donors (Lipinski definition) is 2. The summed E-state index contributed by atoms with van der Waals surface area (Å²) in [5.74, 6) is 0.467. The maximum atomic E-state index is 13.3. The van der Waals surface area contributed by atoms with Crippen molar-refractivity contribution in [3.05, 3.63) is 71.5 Å². The fourth-order valence-electron chi connectivity index (χ4n) is 3.54. The minimum Gasteiger partial charge on any atom is -0.389 e. The van der Waals surface area contributed by atoms with E-state index in [4.69, 9.17) is 9.47 Å². The number of aliphatic imine (C=N–C) groups is 1. The van der Waals surface area contributed by atoms with Crippen LogP contribution in [0.25, 0.3) is 0 Å². The molecule has 3 unspecified atom stereocenters. The third-order valence-corrected chi connectivity index (χ3v) is 5.01. The van der Waals surface area contributed by atoms with Crippen molar-refractivity contribution in [3.63, 3.8) is 0 Å². The van der Waals surface area contributed by atoms with Crippen LogP contribution in [0.15, 0.2) is 59.6 Å². The lowest BCUT2D eigenvalue weighted by Gasteiger charge is -2.38. The van der Waals surface area contributed by atoms with E-state index in [1.54, 1.807) is 12.1 Å². The number of rotatable bonds is 8. The average Bonchev–Trinajstić information content (AvgIpc) is 2.77. The molecule has 2 N–H and O–H groups in total. The summed E-state index contributed by atoms with van der Waals surface area (Å²) >= 11 is 0. The molecule has 0 bridgehead atoms. The SMILES string of the molecule is CCNC(=NCC(O)COCc1ccccc1)N1CC(C)OC(c2ccc(F)cc2)C1. The van der Waals surface area contributed by atoms with Crippen LogP contribution < -0.4 is 5.32 Å². The van der Waals surface area contributed by atoms with Crippen molar-refractivity contribution in [3.8, 4) is 0 Å². The van der Waals surface area contributed by atoms with Crippen molar-refractivity contribution in [1.29, 1.82) is 0 Å². The van der Waals surface area contributed by atoms with Gasteiger partial charge in [0.1, 0.15) is 11.9 Å². The third-order valence-electron chi connectivity index (χ3n) is 5.01. The maximum absolute atomic E-state index is 13.3. The number of halogens is 1. The summed E-state index contributed by atoms with van der Waals surface area (Å²) in [5, 5.41) is 13.6. The maximum Gasteiger partial charge on any atom is 0.194 e. The zero-order chi connectivity index (χ0) is 22.1. The number of hydrogen-bond acceptors (Lipinski definition) is 4. The minimum absolute atomic E-state index is 0.00760. The highest BCUT2D eigenvalue weighted by Crippen LogP contribution is 2.25. The first-order valence-electron chi connectivity index (χ1n) is 10.8. The predicted molar refractivity (Wildman–Crippen MR) is 119 cm³/mol. The largest absolute Gasteiger partial charge is 0.389 e. The lowest BCUT2D eigenvalue weighted by molar-refractivity contribution is -0.0605. The quantitative estimate of drug-likeness (QED) is 0.499. The van der Waals surface area contributed by atoms with E-state index < -0.39 is 6.10 Å². The molecule has 1 aliphatic heterocycles. The molecule has 3 atom stereocenters. The summed E-state index contributed by atoms with van der Waals surface area (Å²) in [6.07, 6.45) is -0.872. The highest BCUT2D eigenvalue weighted by Gasteiger charge is 2.28. The second-order valence-electron chi connectivity index (χ2n) is 7.74. The number of morpholine rings is 1. The second-order valence-corrected chi connectivity index (χ2v) is 7.74. The molecule has 1 saturated heterocycles. The van der Waals surface area contributed by atoms with Crippen LogP contribution in [0, 0.1) is 5.82 Å². The van der Waals surface area contributed by atoms with Crippen molar-refractivity contribution < 1.29 is 19.0 Å². The first-order chi connectivity index (χ1) is 15.0. The molecule has 168 valence electrons. The summed E-state index contributed by atoms with van der Waals surface area (Å²) in [6, 6.07) is 16.3. The Labute approximate surface area is 183 Å². The van der Waals surface area contributed by atoms with Gasteiger partial charge in [-0.05, 0) is 37.1 Å². The van der Waals surface area contributed by atoms with Crippen LogP contribution in [0.1, 0.15) is 31.1 Å². The number of ether oxygens (including phenoxy) is 2. The Morgan fingerprint density at radius 2 is 1.97 bits per heavy atom. The Kier molecular flexibility index (Phi) is 8.82. The van der Waals surface area contributed by atoms with Gasteiger partial charge in [0.25, 0.3) is 0 Å². The van der Waals surface area contributed by atoms with Gasteiger partial charge in [-0.3, -0.25) is 4.99 Å². The van der Waals surface area contributed by atoms with Crippen molar-refractivity contribution >= 4 is 5.96 Å². The molecule has 0 saturated carbocycles. The first-order valence-corrected chi connectivity index (χ1v) is 10.8. The number of benzene rings is 2. The van der Waals surface area contributed by atoms with Gasteiger partial charge >= 0.3 is 0 Å². The van der Waals surface area contributed by atoms with Crippen LogP contribution in [-0.4, -0.2) is 61.0 Å². The standard InChI is InChI=1S/C24H32FN3O3/c1-3-26-24(27-13-22(29)17-30-16-19-7-5-4-6-8-19)28-14-18(2)31-23(15-28)20-9-11-21(25)12-10-20/h4-12,18,22-23,29H,3,13-17H2,1-2H3,(H,26,27). The van der Waals surface area contributed by atoms with E-state index in [2.05, 4.69) is 15.2 Å². The molecule has 2 aromatic rings. The molecule has 0 amide bonds. The van der Waals surface area contributed by atoms with Crippen LogP contribution in [-0.2, 0) is 16.1 Å². The lowest BCUT2D eigenvalue weighted by atomic mass is 10.1. The van der Waals surface area contributed by atoms with Crippen molar-refractivity contribution in [1.82, 2.24) is 10.2 Å². The number of nitrogens with one attached hydrogen (secondary N) is 1. The predicted octanol–water partition coefficient (Wildman–Crippen LogP) is 3.13. The summed E-state index contributed by atoms with van der Waals surface area (Å²) in [4.78, 5) is 6.75. The molecule has 31 heavy (non-hydrogen) atoms. The van der Waals surface area contributed by atoms with Gasteiger partial charge in [0, 0.05) is 13.1 Å². The van der Waals surface area contributed by atoms with Gasteiger partial charge in [0.15, 0.2) is 5.96 Å². The smallest absolute Gasteiger partial charge is 0.194 e. The molecular weight excluding hydrogens is 397 g/mol. The van der Waals surface area contributed by atoms with Crippen LogP contribution in [0.2, 0.25) is 0 Å². The Bertz CT molecular complexity index is 817. The fraction of sp³-hybridized carbons (Fsp3) is 0.458. The van der Waals surface area contributed by atoms with Gasteiger partial charge < -0.3 is 24.8 Å². The van der Waals surface area contributed by atoms with Crippen LogP contribution in [0.5, 0.6) is 0 Å². The molecule has 2 aromatic carbocycles. The number of guanidine groups is 1. The molecule has 3 rings (SSSR count). The molecule has 7 heteroatoms. The van der Waals surface area contributed by atoms with Gasteiger partial charge in [-0.15, -0.1) is 0 Å². The monoisotopic (exact) mass is 429 g/mol. The molecule has 1 heterocycles. The normalized spacial score (nSPS) is 20.5. The number of aliphatic hydroxyl groups is 1.